The lowest BCUT2D eigenvalue weighted by molar-refractivity contribution is -0.0969. The first kappa shape index (κ1) is 6.35. The average Bonchev–Trinajstić information content (AvgIpc) is 2.12. The molecule has 1 amide bonds. The summed E-state index contributed by atoms with van der Waals surface area (Å²) in [6, 6.07) is 0.0440. The van der Waals surface area contributed by atoms with Gasteiger partial charge in [-0.15, -0.1) is 0 Å². The fourth-order valence-electron chi connectivity index (χ4n) is 0.758. The van der Waals surface area contributed by atoms with Crippen LogP contribution in [0.25, 0.3) is 0 Å². The van der Waals surface area contributed by atoms with Crippen LogP contribution in [0, 0.1) is 0 Å². The second-order valence-corrected chi connectivity index (χ2v) is 1.93. The van der Waals surface area contributed by atoms with Crippen LogP contribution in [-0.2, 0) is 9.57 Å². The molecule has 0 aliphatic carbocycles. The van der Waals surface area contributed by atoms with Crippen LogP contribution in [0.5, 0.6) is 0 Å². The van der Waals surface area contributed by atoms with E-state index in [0.29, 0.717) is 6.61 Å². The third-order valence-corrected chi connectivity index (χ3v) is 1.22. The van der Waals surface area contributed by atoms with Crippen molar-refractivity contribution in [2.45, 2.75) is 13.0 Å². The van der Waals surface area contributed by atoms with E-state index in [-0.39, 0.29) is 6.04 Å². The minimum Gasteiger partial charge on any atom is -0.446 e. The van der Waals surface area contributed by atoms with Crippen LogP contribution in [0.15, 0.2) is 0 Å². The van der Waals surface area contributed by atoms with Gasteiger partial charge >= 0.3 is 6.09 Å². The van der Waals surface area contributed by atoms with Crippen molar-refractivity contribution in [1.29, 1.82) is 0 Å². The molecule has 1 fully saturated rings. The number of amides is 1. The Bertz CT molecular complexity index is 125. The van der Waals surface area contributed by atoms with Crippen LogP contribution in [0.1, 0.15) is 6.92 Å². The maximum absolute atomic E-state index is 10.6. The van der Waals surface area contributed by atoms with E-state index < -0.39 is 6.09 Å². The number of hydrogen-bond acceptors (Lipinski definition) is 3. The molecule has 1 saturated heterocycles. The Hall–Kier alpha value is -0.770. The van der Waals surface area contributed by atoms with Gasteiger partial charge in [0.15, 0.2) is 0 Å². The van der Waals surface area contributed by atoms with Gasteiger partial charge in [0.25, 0.3) is 0 Å². The van der Waals surface area contributed by atoms with Crippen LogP contribution < -0.4 is 0 Å². The summed E-state index contributed by atoms with van der Waals surface area (Å²) in [6.07, 6.45) is -0.398. The summed E-state index contributed by atoms with van der Waals surface area (Å²) in [5.41, 5.74) is 0. The van der Waals surface area contributed by atoms with Gasteiger partial charge in [-0.3, -0.25) is 4.84 Å². The number of hydroxylamine groups is 2. The summed E-state index contributed by atoms with van der Waals surface area (Å²) in [5.74, 6) is 0. The third-order valence-electron chi connectivity index (χ3n) is 1.22. The maximum Gasteiger partial charge on any atom is 0.434 e. The second kappa shape index (κ2) is 2.23. The lowest BCUT2D eigenvalue weighted by Gasteiger charge is -2.12. The molecule has 1 atom stereocenters. The van der Waals surface area contributed by atoms with E-state index in [4.69, 9.17) is 4.84 Å². The highest BCUT2D eigenvalue weighted by atomic mass is 16.7. The van der Waals surface area contributed by atoms with E-state index >= 15 is 0 Å². The number of rotatable bonds is 1. The molecule has 1 aliphatic rings. The lowest BCUT2D eigenvalue weighted by atomic mass is 10.4. The number of carbonyl (C=O) groups excluding carboxylic acids is 1. The van der Waals surface area contributed by atoms with Crippen LogP contribution in [-0.4, -0.2) is 30.9 Å². The van der Waals surface area contributed by atoms with E-state index in [0.717, 1.165) is 0 Å². The lowest BCUT2D eigenvalue weighted by Crippen LogP contribution is -2.29. The molecule has 0 aromatic carbocycles. The Morgan fingerprint density at radius 2 is 2.56 bits per heavy atom. The van der Waals surface area contributed by atoms with Crippen LogP contribution in [0.3, 0.4) is 0 Å². The molecule has 0 saturated carbocycles. The molecule has 4 nitrogen and oxygen atoms in total. The summed E-state index contributed by atoms with van der Waals surface area (Å²) >= 11 is 0. The molecule has 4 heteroatoms. The summed E-state index contributed by atoms with van der Waals surface area (Å²) in [4.78, 5) is 15.3. The maximum atomic E-state index is 10.6. The van der Waals surface area contributed by atoms with Gasteiger partial charge < -0.3 is 4.74 Å². The molecule has 1 aliphatic heterocycles. The molecule has 52 valence electrons. The van der Waals surface area contributed by atoms with Crippen molar-refractivity contribution in [1.82, 2.24) is 5.06 Å². The third kappa shape index (κ3) is 0.977. The average molecular weight is 131 g/mol. The highest BCUT2D eigenvalue weighted by Gasteiger charge is 2.29. The number of carbonyl (C=O) groups is 1. The van der Waals surface area contributed by atoms with Crippen molar-refractivity contribution in [3.63, 3.8) is 0 Å². The molecule has 1 heterocycles. The van der Waals surface area contributed by atoms with Crippen molar-refractivity contribution in [2.75, 3.05) is 13.7 Å². The van der Waals surface area contributed by atoms with E-state index in [2.05, 4.69) is 4.74 Å². The highest BCUT2D eigenvalue weighted by Crippen LogP contribution is 2.09. The van der Waals surface area contributed by atoms with Crippen molar-refractivity contribution >= 4 is 6.09 Å². The van der Waals surface area contributed by atoms with Crippen molar-refractivity contribution < 1.29 is 14.4 Å². The van der Waals surface area contributed by atoms with E-state index in [9.17, 15) is 4.79 Å². The first-order valence-electron chi connectivity index (χ1n) is 2.76. The number of nitrogens with zero attached hydrogens (tertiary/aromatic N) is 1. The van der Waals surface area contributed by atoms with Crippen molar-refractivity contribution in [3.05, 3.63) is 0 Å². The van der Waals surface area contributed by atoms with Gasteiger partial charge in [0.2, 0.25) is 0 Å². The van der Waals surface area contributed by atoms with Crippen molar-refractivity contribution in [3.8, 4) is 0 Å². The summed E-state index contributed by atoms with van der Waals surface area (Å²) < 4.78 is 4.63. The summed E-state index contributed by atoms with van der Waals surface area (Å²) in [6.45, 7) is 2.28. The van der Waals surface area contributed by atoms with Crippen LogP contribution >= 0.6 is 0 Å². The largest absolute Gasteiger partial charge is 0.446 e. The zero-order valence-electron chi connectivity index (χ0n) is 5.46. The molecule has 0 aromatic rings. The standard InChI is InChI=1S/C5H9NO3/c1-4-3-9-5(7)6(4)8-2/h4H,3H2,1-2H3/t4-/m0/s1. The topological polar surface area (TPSA) is 38.8 Å². The predicted octanol–water partition coefficient (Wildman–Crippen LogP) is 0.388. The quantitative estimate of drug-likeness (QED) is 0.516. The van der Waals surface area contributed by atoms with Gasteiger partial charge in [-0.25, -0.2) is 4.79 Å². The number of cyclic esters (lactones) is 1. The first-order valence-corrected chi connectivity index (χ1v) is 2.76. The van der Waals surface area contributed by atoms with Crippen LogP contribution in [0.2, 0.25) is 0 Å². The van der Waals surface area contributed by atoms with Gasteiger partial charge in [0.05, 0.1) is 13.2 Å². The molecular formula is C5H9NO3. The summed E-state index contributed by atoms with van der Waals surface area (Å²) in [7, 11) is 1.45. The highest BCUT2D eigenvalue weighted by molar-refractivity contribution is 5.68. The Morgan fingerprint density at radius 1 is 1.89 bits per heavy atom. The smallest absolute Gasteiger partial charge is 0.434 e. The first-order chi connectivity index (χ1) is 4.25. The molecular weight excluding hydrogens is 122 g/mol. The van der Waals surface area contributed by atoms with E-state index in [1.54, 1.807) is 0 Å². The van der Waals surface area contributed by atoms with Gasteiger partial charge in [0, 0.05) is 0 Å². The zero-order chi connectivity index (χ0) is 6.85. The molecule has 0 unspecified atom stereocenters. The molecule has 0 spiro atoms. The monoisotopic (exact) mass is 131 g/mol. The predicted molar refractivity (Wildman–Crippen MR) is 29.7 cm³/mol. The Morgan fingerprint density at radius 3 is 2.78 bits per heavy atom. The minimum absolute atomic E-state index is 0.0440. The van der Waals surface area contributed by atoms with Crippen LogP contribution in [0.4, 0.5) is 4.79 Å². The number of hydrogen-bond donors (Lipinski definition) is 0. The fourth-order valence-corrected chi connectivity index (χ4v) is 0.758. The van der Waals surface area contributed by atoms with Gasteiger partial charge in [0.1, 0.15) is 6.61 Å². The normalized spacial score (nSPS) is 26.7. The Labute approximate surface area is 53.3 Å². The molecule has 0 radical (unpaired) electrons. The fraction of sp³-hybridized carbons (Fsp3) is 0.800. The zero-order valence-corrected chi connectivity index (χ0v) is 5.46. The SMILES string of the molecule is CON1C(=O)OC[C@@H]1C. The second-order valence-electron chi connectivity index (χ2n) is 1.93. The minimum atomic E-state index is -0.398. The molecule has 0 bridgehead atoms. The van der Waals surface area contributed by atoms with E-state index in [1.165, 1.54) is 12.2 Å². The Kier molecular flexibility index (Phi) is 1.57. The van der Waals surface area contributed by atoms with E-state index in [1.807, 2.05) is 6.92 Å². The van der Waals surface area contributed by atoms with Gasteiger partial charge in [-0.05, 0) is 6.92 Å². The number of ether oxygens (including phenoxy) is 1. The molecule has 0 aromatic heterocycles. The summed E-state index contributed by atoms with van der Waals surface area (Å²) in [5, 5.41) is 1.21. The molecule has 9 heavy (non-hydrogen) atoms. The molecule has 0 N–H and O–H groups in total. The van der Waals surface area contributed by atoms with Crippen molar-refractivity contribution in [2.24, 2.45) is 0 Å². The van der Waals surface area contributed by atoms with Gasteiger partial charge in [-0.1, -0.05) is 0 Å². The molecule has 1 rings (SSSR count). The Balaban J connectivity index is 2.55. The van der Waals surface area contributed by atoms with Gasteiger partial charge in [-0.2, -0.15) is 5.06 Å².